The van der Waals surface area contributed by atoms with E-state index in [2.05, 4.69) is 15.1 Å². The Balaban J connectivity index is 1.49. The largest absolute Gasteiger partial charge is 0.375 e. The molecule has 1 unspecified atom stereocenters. The van der Waals surface area contributed by atoms with Crippen LogP contribution in [0.4, 0.5) is 5.13 Å². The van der Waals surface area contributed by atoms with Crippen molar-refractivity contribution in [3.05, 3.63) is 22.7 Å². The van der Waals surface area contributed by atoms with Gasteiger partial charge >= 0.3 is 0 Å². The van der Waals surface area contributed by atoms with Crippen LogP contribution in [0.2, 0.25) is 0 Å². The van der Waals surface area contributed by atoms with Gasteiger partial charge in [-0.25, -0.2) is 14.6 Å². The van der Waals surface area contributed by atoms with E-state index in [4.69, 9.17) is 5.73 Å². The van der Waals surface area contributed by atoms with Gasteiger partial charge in [-0.05, 0) is 6.42 Å². The summed E-state index contributed by atoms with van der Waals surface area (Å²) in [5.41, 5.74) is 6.81. The van der Waals surface area contributed by atoms with Crippen molar-refractivity contribution in [1.82, 2.24) is 24.6 Å². The van der Waals surface area contributed by atoms with Crippen molar-refractivity contribution in [2.75, 3.05) is 12.3 Å². The third-order valence-corrected chi connectivity index (χ3v) is 5.13. The molecule has 2 N–H and O–H groups in total. The molecule has 7 nitrogen and oxygen atoms in total. The molecule has 2 aliphatic heterocycles. The fourth-order valence-electron chi connectivity index (χ4n) is 3.10. The van der Waals surface area contributed by atoms with Crippen molar-refractivity contribution in [3.63, 3.8) is 0 Å². The lowest BCUT2D eigenvalue weighted by atomic mass is 9.97. The van der Waals surface area contributed by atoms with Gasteiger partial charge in [0, 0.05) is 24.3 Å². The summed E-state index contributed by atoms with van der Waals surface area (Å²) in [6, 6.07) is 0. The van der Waals surface area contributed by atoms with Crippen LogP contribution in [0.3, 0.4) is 0 Å². The van der Waals surface area contributed by atoms with Crippen LogP contribution >= 0.6 is 11.3 Å². The van der Waals surface area contributed by atoms with Gasteiger partial charge in [0.05, 0.1) is 24.7 Å². The van der Waals surface area contributed by atoms with Gasteiger partial charge in [0.15, 0.2) is 5.13 Å². The standard InChI is InChI=1S/C13H16N6OS/c14-13-17-9-3-4-18(6-10(9)21-13)12(20)8-1-2-11-15-7-16-19(11)5-8/h7-8H,1-6H2,(H2,14,17). The van der Waals surface area contributed by atoms with Crippen LogP contribution in [0.15, 0.2) is 6.33 Å². The molecule has 1 amide bonds. The average Bonchev–Trinajstić information content (AvgIpc) is 3.09. The van der Waals surface area contributed by atoms with E-state index in [0.717, 1.165) is 42.2 Å². The molecule has 2 aromatic heterocycles. The van der Waals surface area contributed by atoms with Crippen LogP contribution < -0.4 is 5.73 Å². The molecule has 4 rings (SSSR count). The molecule has 0 fully saturated rings. The summed E-state index contributed by atoms with van der Waals surface area (Å²) >= 11 is 1.49. The summed E-state index contributed by atoms with van der Waals surface area (Å²) in [6.45, 7) is 2.02. The molecule has 0 saturated heterocycles. The Morgan fingerprint density at radius 2 is 2.33 bits per heavy atom. The van der Waals surface area contributed by atoms with Gasteiger partial charge in [-0.15, -0.1) is 11.3 Å². The second kappa shape index (κ2) is 4.80. The van der Waals surface area contributed by atoms with Crippen molar-refractivity contribution in [3.8, 4) is 0 Å². The Morgan fingerprint density at radius 1 is 1.43 bits per heavy atom. The molecule has 110 valence electrons. The van der Waals surface area contributed by atoms with Crippen LogP contribution in [0.1, 0.15) is 22.8 Å². The van der Waals surface area contributed by atoms with Gasteiger partial charge in [0.25, 0.3) is 0 Å². The van der Waals surface area contributed by atoms with E-state index in [-0.39, 0.29) is 11.8 Å². The van der Waals surface area contributed by atoms with E-state index in [1.54, 1.807) is 6.33 Å². The number of carbonyl (C=O) groups excluding carboxylic acids is 1. The summed E-state index contributed by atoms with van der Waals surface area (Å²) in [5, 5.41) is 4.78. The molecule has 0 spiro atoms. The molecule has 2 aromatic rings. The first-order valence-corrected chi connectivity index (χ1v) is 7.92. The SMILES string of the molecule is Nc1nc2c(s1)CN(C(=O)C1CCc3ncnn3C1)CC2. The zero-order chi connectivity index (χ0) is 14.4. The van der Waals surface area contributed by atoms with Crippen LogP contribution in [0.25, 0.3) is 0 Å². The highest BCUT2D eigenvalue weighted by atomic mass is 32.1. The van der Waals surface area contributed by atoms with E-state index in [9.17, 15) is 4.79 Å². The fraction of sp³-hybridized carbons (Fsp3) is 0.538. The maximum Gasteiger partial charge on any atom is 0.227 e. The first-order valence-electron chi connectivity index (χ1n) is 7.10. The Bertz CT molecular complexity index is 693. The lowest BCUT2D eigenvalue weighted by Gasteiger charge is -2.31. The van der Waals surface area contributed by atoms with Gasteiger partial charge in [0.1, 0.15) is 12.2 Å². The van der Waals surface area contributed by atoms with Gasteiger partial charge < -0.3 is 10.6 Å². The lowest BCUT2D eigenvalue weighted by Crippen LogP contribution is -2.42. The van der Waals surface area contributed by atoms with Crippen LogP contribution in [-0.2, 0) is 30.7 Å². The number of aryl methyl sites for hydroxylation is 1. The van der Waals surface area contributed by atoms with Crippen molar-refractivity contribution < 1.29 is 4.79 Å². The first kappa shape index (κ1) is 12.8. The Kier molecular flexibility index (Phi) is 2.91. The maximum atomic E-state index is 12.7. The average molecular weight is 304 g/mol. The smallest absolute Gasteiger partial charge is 0.227 e. The van der Waals surface area contributed by atoms with E-state index in [1.165, 1.54) is 11.3 Å². The number of fused-ring (bicyclic) bond motifs is 2. The maximum absolute atomic E-state index is 12.7. The van der Waals surface area contributed by atoms with E-state index >= 15 is 0 Å². The monoisotopic (exact) mass is 304 g/mol. The summed E-state index contributed by atoms with van der Waals surface area (Å²) in [6.07, 6.45) is 4.04. The molecule has 0 radical (unpaired) electrons. The number of hydrogen-bond donors (Lipinski definition) is 1. The summed E-state index contributed by atoms with van der Waals surface area (Å²) in [4.78, 5) is 24.3. The number of anilines is 1. The molecular formula is C13H16N6OS. The Morgan fingerprint density at radius 3 is 3.24 bits per heavy atom. The predicted molar refractivity (Wildman–Crippen MR) is 77.5 cm³/mol. The predicted octanol–water partition coefficient (Wildman–Crippen LogP) is 0.464. The molecule has 8 heteroatoms. The summed E-state index contributed by atoms with van der Waals surface area (Å²) in [7, 11) is 0. The molecule has 0 aromatic carbocycles. The van der Waals surface area contributed by atoms with Gasteiger partial charge in [-0.3, -0.25) is 4.79 Å². The highest BCUT2D eigenvalue weighted by Crippen LogP contribution is 2.28. The number of nitrogens with zero attached hydrogens (tertiary/aromatic N) is 5. The number of rotatable bonds is 1. The minimum absolute atomic E-state index is 0.00557. The minimum atomic E-state index is 0.00557. The molecule has 1 atom stereocenters. The van der Waals surface area contributed by atoms with Crippen LogP contribution in [-0.4, -0.2) is 37.1 Å². The van der Waals surface area contributed by atoms with Crippen molar-refractivity contribution in [1.29, 1.82) is 0 Å². The quantitative estimate of drug-likeness (QED) is 0.827. The summed E-state index contributed by atoms with van der Waals surface area (Å²) in [5.74, 6) is 1.20. The lowest BCUT2D eigenvalue weighted by molar-refractivity contribution is -0.137. The van der Waals surface area contributed by atoms with E-state index < -0.39 is 0 Å². The second-order valence-corrected chi connectivity index (χ2v) is 6.64. The van der Waals surface area contributed by atoms with Crippen molar-refractivity contribution in [2.45, 2.75) is 32.4 Å². The fourth-order valence-corrected chi connectivity index (χ4v) is 4.00. The normalized spacial score (nSPS) is 21.0. The number of aromatic nitrogens is 4. The van der Waals surface area contributed by atoms with Gasteiger partial charge in [-0.1, -0.05) is 0 Å². The number of nitrogens with two attached hydrogens (primary N) is 1. The zero-order valence-electron chi connectivity index (χ0n) is 11.5. The van der Waals surface area contributed by atoms with Gasteiger partial charge in [0.2, 0.25) is 5.91 Å². The first-order chi connectivity index (χ1) is 10.2. The van der Waals surface area contributed by atoms with Crippen molar-refractivity contribution in [2.24, 2.45) is 5.92 Å². The number of thiazole rings is 1. The molecule has 0 bridgehead atoms. The number of amides is 1. The minimum Gasteiger partial charge on any atom is -0.375 e. The van der Waals surface area contributed by atoms with Crippen LogP contribution in [0.5, 0.6) is 0 Å². The number of hydrogen-bond acceptors (Lipinski definition) is 6. The highest BCUT2D eigenvalue weighted by Gasteiger charge is 2.31. The summed E-state index contributed by atoms with van der Waals surface area (Å²) < 4.78 is 1.85. The molecule has 4 heterocycles. The zero-order valence-corrected chi connectivity index (χ0v) is 12.3. The third kappa shape index (κ3) is 2.19. The van der Waals surface area contributed by atoms with Gasteiger partial charge in [-0.2, -0.15) is 5.10 Å². The molecule has 0 saturated carbocycles. The Hall–Kier alpha value is -1.96. The Labute approximate surface area is 125 Å². The molecule has 2 aliphatic rings. The number of carbonyl (C=O) groups is 1. The topological polar surface area (TPSA) is 89.9 Å². The van der Waals surface area contributed by atoms with E-state index in [1.807, 2.05) is 9.58 Å². The third-order valence-electron chi connectivity index (χ3n) is 4.21. The van der Waals surface area contributed by atoms with E-state index in [0.29, 0.717) is 18.2 Å². The second-order valence-electron chi connectivity index (χ2n) is 5.53. The molecule has 21 heavy (non-hydrogen) atoms. The van der Waals surface area contributed by atoms with Crippen molar-refractivity contribution >= 4 is 22.4 Å². The molecule has 0 aliphatic carbocycles. The van der Waals surface area contributed by atoms with Crippen LogP contribution in [0, 0.1) is 5.92 Å². The molecular weight excluding hydrogens is 288 g/mol. The highest BCUT2D eigenvalue weighted by molar-refractivity contribution is 7.15. The number of nitrogen functional groups attached to an aromatic ring is 1.